The topological polar surface area (TPSA) is 96.3 Å². The number of likely N-dealkylation sites (tertiary alicyclic amines) is 1. The molecule has 8 rings (SSSR count). The summed E-state index contributed by atoms with van der Waals surface area (Å²) in [5.41, 5.74) is 8.70. The van der Waals surface area contributed by atoms with E-state index in [1.807, 2.05) is 46.2 Å². The van der Waals surface area contributed by atoms with Crippen molar-refractivity contribution in [2.75, 3.05) is 39.4 Å². The van der Waals surface area contributed by atoms with Crippen LogP contribution in [-0.4, -0.2) is 92.3 Å². The van der Waals surface area contributed by atoms with E-state index in [-0.39, 0.29) is 33.5 Å². The summed E-state index contributed by atoms with van der Waals surface area (Å²) in [6.45, 7) is 21.7. The standard InChI is InChI=1S/C21H27N2O3.C21H27N2O2/c1-20(2)12-16-15-6-5-14(19(24)22-7-9-26-10-8-22)11-17(15)23(25)18(16)21(3,4)13-20;1-20(2)12-16-15-8-7-14(19(24)22-9-5-6-10-22)11-17(15)23(25)18(16)21(3,4)13-20/h5-6,11-12,25H,7-10,13H2,1-4H3;7-8,11-12,25H,5-6,9-10,13H2,1-4H3/q2*+1. The number of nitrogens with zero attached hydrogens (tertiary/aromatic N) is 4. The number of amides is 2. The molecule has 270 valence electrons. The van der Waals surface area contributed by atoms with E-state index in [2.05, 4.69) is 67.5 Å². The van der Waals surface area contributed by atoms with Crippen LogP contribution in [0.1, 0.15) is 113 Å². The lowest BCUT2D eigenvalue weighted by Crippen LogP contribution is -2.40. The Morgan fingerprint density at radius 3 is 1.43 bits per heavy atom. The van der Waals surface area contributed by atoms with Crippen LogP contribution in [0.15, 0.2) is 48.6 Å². The van der Waals surface area contributed by atoms with E-state index in [1.54, 1.807) is 0 Å². The molecule has 2 amide bonds. The number of morpholine rings is 1. The lowest BCUT2D eigenvalue weighted by Gasteiger charge is -2.35. The van der Waals surface area contributed by atoms with Gasteiger partial charge in [-0.2, -0.15) is 0 Å². The molecule has 0 aromatic heterocycles. The summed E-state index contributed by atoms with van der Waals surface area (Å²) in [6, 6.07) is 11.4. The maximum atomic E-state index is 12.8. The quantitative estimate of drug-likeness (QED) is 0.248. The largest absolute Gasteiger partial charge is 0.378 e. The second-order valence-corrected chi connectivity index (χ2v) is 17.9. The molecule has 0 radical (unpaired) electrons. The van der Waals surface area contributed by atoms with Crippen LogP contribution in [0.2, 0.25) is 0 Å². The maximum absolute atomic E-state index is 12.8. The maximum Gasteiger partial charge on any atom is 0.266 e. The van der Waals surface area contributed by atoms with Gasteiger partial charge in [0.15, 0.2) is 0 Å². The number of hydrogen-bond acceptors (Lipinski definition) is 5. The molecule has 2 fully saturated rings. The summed E-state index contributed by atoms with van der Waals surface area (Å²) in [4.78, 5) is 29.2. The molecule has 2 N–H and O–H groups in total. The van der Waals surface area contributed by atoms with Gasteiger partial charge >= 0.3 is 0 Å². The van der Waals surface area contributed by atoms with Gasteiger partial charge < -0.3 is 14.5 Å². The Kier molecular flexibility index (Phi) is 8.40. The van der Waals surface area contributed by atoms with Crippen molar-refractivity contribution in [3.63, 3.8) is 0 Å². The van der Waals surface area contributed by atoms with Gasteiger partial charge in [0, 0.05) is 58.9 Å². The van der Waals surface area contributed by atoms with Crippen LogP contribution < -0.4 is 0 Å². The molecule has 0 atom stereocenters. The molecular weight excluding hydrogens is 640 g/mol. The average molecular weight is 695 g/mol. The van der Waals surface area contributed by atoms with Gasteiger partial charge in [-0.1, -0.05) is 39.8 Å². The Morgan fingerprint density at radius 2 is 1.02 bits per heavy atom. The highest BCUT2D eigenvalue weighted by atomic mass is 16.5. The van der Waals surface area contributed by atoms with Crippen molar-refractivity contribution in [2.45, 2.75) is 81.1 Å². The molecule has 6 aliphatic rings. The van der Waals surface area contributed by atoms with E-state index in [1.165, 1.54) is 9.48 Å². The van der Waals surface area contributed by atoms with Crippen molar-refractivity contribution in [2.24, 2.45) is 21.7 Å². The van der Waals surface area contributed by atoms with E-state index in [9.17, 15) is 20.0 Å². The Morgan fingerprint density at radius 1 is 0.627 bits per heavy atom. The lowest BCUT2D eigenvalue weighted by molar-refractivity contribution is -0.712. The average Bonchev–Trinajstić information content (AvgIpc) is 3.76. The monoisotopic (exact) mass is 694 g/mol. The molecule has 4 aliphatic heterocycles. The van der Waals surface area contributed by atoms with Crippen molar-refractivity contribution in [1.29, 1.82) is 0 Å². The molecule has 2 saturated heterocycles. The van der Waals surface area contributed by atoms with E-state index >= 15 is 0 Å². The van der Waals surface area contributed by atoms with Crippen molar-refractivity contribution < 1.29 is 34.2 Å². The summed E-state index contributed by atoms with van der Waals surface area (Å²) in [5, 5.41) is 21.8. The Hall–Kier alpha value is -4.24. The molecule has 0 saturated carbocycles. The van der Waals surface area contributed by atoms with Crippen LogP contribution in [-0.2, 0) is 4.74 Å². The van der Waals surface area contributed by atoms with E-state index in [0.717, 1.165) is 78.2 Å². The first-order valence-electron chi connectivity index (χ1n) is 18.5. The van der Waals surface area contributed by atoms with Gasteiger partial charge in [-0.3, -0.25) is 20.0 Å². The molecule has 4 heterocycles. The minimum Gasteiger partial charge on any atom is -0.378 e. The van der Waals surface area contributed by atoms with Gasteiger partial charge in [-0.15, -0.1) is 0 Å². The van der Waals surface area contributed by atoms with Gasteiger partial charge in [-0.05, 0) is 88.5 Å². The van der Waals surface area contributed by atoms with Crippen LogP contribution in [0.5, 0.6) is 0 Å². The SMILES string of the molecule is CC1(C)C=C2C(=[N+](O)c3cc(C(=O)N4CCCC4)ccc32)C(C)(C)C1.CC1(C)C=C2C(=[N+](O)c3cc(C(=O)N4CCOCC4)ccc32)C(C)(C)C1. The molecule has 2 aromatic carbocycles. The fourth-order valence-corrected chi connectivity index (χ4v) is 9.84. The highest BCUT2D eigenvalue weighted by Gasteiger charge is 2.52. The number of ether oxygens (including phenoxy) is 1. The van der Waals surface area contributed by atoms with E-state index in [4.69, 9.17) is 4.74 Å². The number of allylic oxidation sites excluding steroid dienone is 4. The molecule has 51 heavy (non-hydrogen) atoms. The first-order chi connectivity index (χ1) is 23.9. The van der Waals surface area contributed by atoms with Crippen LogP contribution in [0.3, 0.4) is 0 Å². The summed E-state index contributed by atoms with van der Waals surface area (Å²) in [7, 11) is 0. The Balaban J connectivity index is 0.000000159. The molecular formula is C42H54N4O5+2. The number of carbonyl (C=O) groups excluding carboxylic acids is 2. The third kappa shape index (κ3) is 6.21. The minimum atomic E-state index is -0.143. The summed E-state index contributed by atoms with van der Waals surface area (Å²) >= 11 is 0. The molecule has 9 heteroatoms. The Bertz CT molecular complexity index is 1950. The van der Waals surface area contributed by atoms with Gasteiger partial charge in [0.1, 0.15) is 0 Å². The molecule has 9 nitrogen and oxygen atoms in total. The lowest BCUT2D eigenvalue weighted by atomic mass is 9.65. The normalized spacial score (nSPS) is 23.4. The number of carbonyl (C=O) groups is 2. The van der Waals surface area contributed by atoms with Crippen LogP contribution in [0.25, 0.3) is 11.1 Å². The van der Waals surface area contributed by atoms with Crippen LogP contribution in [0.4, 0.5) is 11.4 Å². The van der Waals surface area contributed by atoms with Crippen LogP contribution >= 0.6 is 0 Å². The number of hydrogen-bond donors (Lipinski definition) is 2. The number of fused-ring (bicyclic) bond motifs is 6. The Labute approximate surface area is 302 Å². The smallest absolute Gasteiger partial charge is 0.266 e. The molecule has 0 unspecified atom stereocenters. The number of rotatable bonds is 2. The van der Waals surface area contributed by atoms with Gasteiger partial charge in [0.25, 0.3) is 23.2 Å². The van der Waals surface area contributed by atoms with Gasteiger partial charge in [-0.25, -0.2) is 0 Å². The molecule has 2 aromatic rings. The predicted molar refractivity (Wildman–Crippen MR) is 198 cm³/mol. The van der Waals surface area contributed by atoms with Gasteiger partial charge in [0.2, 0.25) is 11.4 Å². The third-order valence-corrected chi connectivity index (χ3v) is 11.3. The molecule has 2 aliphatic carbocycles. The zero-order valence-corrected chi connectivity index (χ0v) is 31.6. The van der Waals surface area contributed by atoms with Crippen molar-refractivity contribution in [1.82, 2.24) is 9.80 Å². The molecule has 0 spiro atoms. The fourth-order valence-electron chi connectivity index (χ4n) is 9.84. The van der Waals surface area contributed by atoms with E-state index < -0.39 is 0 Å². The second kappa shape index (κ2) is 12.2. The predicted octanol–water partition coefficient (Wildman–Crippen LogP) is 7.74. The first-order valence-corrected chi connectivity index (χ1v) is 18.5. The third-order valence-electron chi connectivity index (χ3n) is 11.3. The summed E-state index contributed by atoms with van der Waals surface area (Å²) in [6.07, 6.45) is 8.62. The number of benzene rings is 2. The highest BCUT2D eigenvalue weighted by Crippen LogP contribution is 2.52. The van der Waals surface area contributed by atoms with Crippen molar-refractivity contribution in [3.05, 3.63) is 70.8 Å². The minimum absolute atomic E-state index is 0.00191. The summed E-state index contributed by atoms with van der Waals surface area (Å²) < 4.78 is 7.95. The van der Waals surface area contributed by atoms with Crippen LogP contribution in [0, 0.1) is 21.7 Å². The first kappa shape index (κ1) is 35.2. The van der Waals surface area contributed by atoms with E-state index in [0.29, 0.717) is 43.1 Å². The highest BCUT2D eigenvalue weighted by molar-refractivity contribution is 6.28. The zero-order valence-electron chi connectivity index (χ0n) is 31.6. The fraction of sp³-hybridized carbons (Fsp3) is 0.524. The van der Waals surface area contributed by atoms with Crippen molar-refractivity contribution >= 4 is 45.8 Å². The van der Waals surface area contributed by atoms with Crippen molar-refractivity contribution in [3.8, 4) is 0 Å². The van der Waals surface area contributed by atoms with Gasteiger partial charge in [0.05, 0.1) is 46.3 Å². The summed E-state index contributed by atoms with van der Waals surface area (Å²) in [5.74, 6) is 0.0695. The molecule has 0 bridgehead atoms. The second-order valence-electron chi connectivity index (χ2n) is 17.9. The zero-order chi connectivity index (χ0) is 36.7.